The Morgan fingerprint density at radius 2 is 2.07 bits per heavy atom. The van der Waals surface area contributed by atoms with E-state index in [4.69, 9.17) is 10.5 Å². The van der Waals surface area contributed by atoms with Gasteiger partial charge in [0.2, 0.25) is 0 Å². The highest BCUT2D eigenvalue weighted by Crippen LogP contribution is 2.35. The van der Waals surface area contributed by atoms with Crippen LogP contribution in [0.3, 0.4) is 0 Å². The van der Waals surface area contributed by atoms with Gasteiger partial charge < -0.3 is 15.6 Å². The van der Waals surface area contributed by atoms with E-state index < -0.39 is 5.54 Å². The minimum atomic E-state index is -1.09. The fraction of sp³-hybridized carbons (Fsp3) is 0.250. The molecule has 0 bridgehead atoms. The number of aliphatic imine (C=N–C) groups is 1. The van der Waals surface area contributed by atoms with Gasteiger partial charge in [0.25, 0.3) is 12.4 Å². The molecule has 2 aromatic rings. The summed E-state index contributed by atoms with van der Waals surface area (Å²) < 4.78 is 4.79. The predicted molar refractivity (Wildman–Crippen MR) is 101 cm³/mol. The molecule has 0 saturated heterocycles. The number of hydrogen-bond acceptors (Lipinski definition) is 6. The van der Waals surface area contributed by atoms with Crippen LogP contribution in [0, 0.1) is 0 Å². The largest absolute Gasteiger partial charge is 0.508 e. The summed E-state index contributed by atoms with van der Waals surface area (Å²) in [5.74, 6) is 0.102. The number of benzene rings is 2. The maximum absolute atomic E-state index is 12.6. The maximum Gasteiger partial charge on any atom is 0.293 e. The number of ether oxygens (including phenoxy) is 1. The van der Waals surface area contributed by atoms with Gasteiger partial charge in [-0.05, 0) is 47.4 Å². The number of likely N-dealkylation sites (N-methyl/N-ethyl adjacent to an activating group) is 1. The highest BCUT2D eigenvalue weighted by atomic mass is 16.5. The first-order valence-electron chi connectivity index (χ1n) is 8.48. The van der Waals surface area contributed by atoms with Crippen LogP contribution < -0.4 is 5.73 Å². The molecular formula is C20H21N3O4. The summed E-state index contributed by atoms with van der Waals surface area (Å²) in [5, 5.41) is 9.93. The first-order valence-corrected chi connectivity index (χ1v) is 8.48. The van der Waals surface area contributed by atoms with Crippen molar-refractivity contribution >= 4 is 18.3 Å². The van der Waals surface area contributed by atoms with Crippen molar-refractivity contribution in [3.05, 3.63) is 53.6 Å². The molecule has 0 spiro atoms. The standard InChI is InChI=1S/C20H21N3O4/c1-20(18(26)23(2)19(21)22-20)15-5-3-4-14(10-15)17-11-16(25)7-6-13(17)8-9-27-12-24/h3-7,10-12,25H,8-9H2,1-2H3,(H2,21,22). The molecule has 0 saturated carbocycles. The van der Waals surface area contributed by atoms with Gasteiger partial charge in [-0.1, -0.05) is 24.3 Å². The second kappa shape index (κ2) is 7.11. The molecule has 2 aromatic carbocycles. The molecular weight excluding hydrogens is 346 g/mol. The van der Waals surface area contributed by atoms with E-state index in [0.717, 1.165) is 16.7 Å². The van der Waals surface area contributed by atoms with E-state index in [1.807, 2.05) is 24.3 Å². The average Bonchev–Trinajstić information content (AvgIpc) is 2.87. The number of phenols is 1. The fourth-order valence-electron chi connectivity index (χ4n) is 3.23. The lowest BCUT2D eigenvalue weighted by Gasteiger charge is -2.21. The van der Waals surface area contributed by atoms with E-state index in [1.54, 1.807) is 32.2 Å². The first kappa shape index (κ1) is 18.4. The molecule has 1 unspecified atom stereocenters. The summed E-state index contributed by atoms with van der Waals surface area (Å²) in [6, 6.07) is 12.5. The van der Waals surface area contributed by atoms with Crippen LogP contribution in [0.15, 0.2) is 47.5 Å². The predicted octanol–water partition coefficient (Wildman–Crippen LogP) is 1.78. The number of rotatable bonds is 6. The van der Waals surface area contributed by atoms with Gasteiger partial charge in [0.05, 0.1) is 6.61 Å². The lowest BCUT2D eigenvalue weighted by Crippen LogP contribution is -2.38. The number of nitrogens with zero attached hydrogens (tertiary/aromatic N) is 2. The summed E-state index contributed by atoms with van der Waals surface area (Å²) in [5.41, 5.74) is 7.97. The Hall–Kier alpha value is -3.35. The van der Waals surface area contributed by atoms with Crippen LogP contribution in [0.4, 0.5) is 0 Å². The van der Waals surface area contributed by atoms with E-state index in [-0.39, 0.29) is 24.2 Å². The Morgan fingerprint density at radius 1 is 1.30 bits per heavy atom. The third-order valence-corrected chi connectivity index (χ3v) is 4.79. The number of aromatic hydroxyl groups is 1. The molecule has 1 atom stereocenters. The molecule has 7 nitrogen and oxygen atoms in total. The molecule has 1 aliphatic rings. The van der Waals surface area contributed by atoms with Crippen LogP contribution in [-0.4, -0.2) is 42.0 Å². The van der Waals surface area contributed by atoms with Gasteiger partial charge >= 0.3 is 0 Å². The van der Waals surface area contributed by atoms with Crippen molar-refractivity contribution in [3.63, 3.8) is 0 Å². The van der Waals surface area contributed by atoms with E-state index >= 15 is 0 Å². The van der Waals surface area contributed by atoms with Gasteiger partial charge in [0.15, 0.2) is 11.5 Å². The van der Waals surface area contributed by atoms with Gasteiger partial charge in [-0.15, -0.1) is 0 Å². The minimum absolute atomic E-state index is 0.126. The van der Waals surface area contributed by atoms with E-state index in [0.29, 0.717) is 18.5 Å². The number of carbonyl (C=O) groups is 2. The van der Waals surface area contributed by atoms with Crippen LogP contribution in [0.1, 0.15) is 18.1 Å². The Bertz CT molecular complexity index is 925. The zero-order valence-electron chi connectivity index (χ0n) is 15.2. The summed E-state index contributed by atoms with van der Waals surface area (Å²) >= 11 is 0. The molecule has 1 amide bonds. The molecule has 7 heteroatoms. The van der Waals surface area contributed by atoms with Crippen molar-refractivity contribution in [2.45, 2.75) is 18.9 Å². The molecule has 0 aliphatic carbocycles. The van der Waals surface area contributed by atoms with E-state index in [9.17, 15) is 14.7 Å². The van der Waals surface area contributed by atoms with E-state index in [1.165, 1.54) is 4.90 Å². The third kappa shape index (κ3) is 3.36. The zero-order valence-corrected chi connectivity index (χ0v) is 15.2. The monoisotopic (exact) mass is 367 g/mol. The molecule has 140 valence electrons. The zero-order chi connectivity index (χ0) is 19.6. The molecule has 1 heterocycles. The Balaban J connectivity index is 2.03. The summed E-state index contributed by atoms with van der Waals surface area (Å²) in [6.07, 6.45) is 0.503. The van der Waals surface area contributed by atoms with Crippen LogP contribution in [-0.2, 0) is 26.3 Å². The van der Waals surface area contributed by atoms with Gasteiger partial charge in [-0.3, -0.25) is 14.5 Å². The fourth-order valence-corrected chi connectivity index (χ4v) is 3.23. The lowest BCUT2D eigenvalue weighted by atomic mass is 9.88. The van der Waals surface area contributed by atoms with Crippen molar-refractivity contribution in [3.8, 4) is 16.9 Å². The maximum atomic E-state index is 12.6. The Morgan fingerprint density at radius 3 is 2.74 bits per heavy atom. The highest BCUT2D eigenvalue weighted by molar-refractivity contribution is 6.06. The third-order valence-electron chi connectivity index (χ3n) is 4.79. The Kier molecular flexibility index (Phi) is 4.85. The molecule has 3 N–H and O–H groups in total. The number of phenolic OH excluding ortho intramolecular Hbond substituents is 1. The Labute approximate surface area is 157 Å². The van der Waals surface area contributed by atoms with Crippen molar-refractivity contribution in [2.24, 2.45) is 10.7 Å². The highest BCUT2D eigenvalue weighted by Gasteiger charge is 2.43. The summed E-state index contributed by atoms with van der Waals surface area (Å²) in [6.45, 7) is 2.38. The number of amides is 1. The molecule has 0 radical (unpaired) electrons. The molecule has 27 heavy (non-hydrogen) atoms. The van der Waals surface area contributed by atoms with Gasteiger partial charge in [0, 0.05) is 13.5 Å². The number of hydrogen-bond donors (Lipinski definition) is 2. The molecule has 3 rings (SSSR count). The van der Waals surface area contributed by atoms with Crippen LogP contribution in [0.5, 0.6) is 5.75 Å². The normalized spacial score (nSPS) is 19.1. The topological polar surface area (TPSA) is 105 Å². The number of carbonyl (C=O) groups excluding carboxylic acids is 2. The van der Waals surface area contributed by atoms with Gasteiger partial charge in [-0.2, -0.15) is 0 Å². The summed E-state index contributed by atoms with van der Waals surface area (Å²) in [7, 11) is 1.59. The second-order valence-corrected chi connectivity index (χ2v) is 6.55. The number of nitrogens with two attached hydrogens (primary N) is 1. The van der Waals surface area contributed by atoms with Crippen molar-refractivity contribution < 1.29 is 19.4 Å². The quantitative estimate of drug-likeness (QED) is 0.598. The summed E-state index contributed by atoms with van der Waals surface area (Å²) in [4.78, 5) is 28.7. The van der Waals surface area contributed by atoms with Gasteiger partial charge in [0.1, 0.15) is 5.75 Å². The molecule has 0 aromatic heterocycles. The average molecular weight is 367 g/mol. The lowest BCUT2D eigenvalue weighted by molar-refractivity contribution is -0.130. The second-order valence-electron chi connectivity index (χ2n) is 6.55. The smallest absolute Gasteiger partial charge is 0.293 e. The van der Waals surface area contributed by atoms with Crippen LogP contribution in [0.2, 0.25) is 0 Å². The SMILES string of the molecule is CN1C(=O)C(C)(c2cccc(-c3cc(O)ccc3CCOC=O)c2)N=C1N. The van der Waals surface area contributed by atoms with Crippen molar-refractivity contribution in [1.29, 1.82) is 0 Å². The molecule has 1 aliphatic heterocycles. The molecule has 0 fully saturated rings. The first-order chi connectivity index (χ1) is 12.9. The van der Waals surface area contributed by atoms with Crippen molar-refractivity contribution in [1.82, 2.24) is 4.90 Å². The van der Waals surface area contributed by atoms with Crippen molar-refractivity contribution in [2.75, 3.05) is 13.7 Å². The van der Waals surface area contributed by atoms with Crippen LogP contribution >= 0.6 is 0 Å². The minimum Gasteiger partial charge on any atom is -0.508 e. The van der Waals surface area contributed by atoms with Gasteiger partial charge in [-0.25, -0.2) is 4.99 Å². The van der Waals surface area contributed by atoms with Crippen LogP contribution in [0.25, 0.3) is 11.1 Å². The van der Waals surface area contributed by atoms with E-state index in [2.05, 4.69) is 4.99 Å². The number of guanidine groups is 1.